The number of ether oxygens (including phenoxy) is 1. The molecule has 9 heteroatoms. The third-order valence-corrected chi connectivity index (χ3v) is 4.74. The van der Waals surface area contributed by atoms with Crippen LogP contribution in [-0.2, 0) is 6.42 Å². The lowest BCUT2D eigenvalue weighted by atomic mass is 10.0. The number of methoxy groups -OCH3 is 1. The molecule has 3 aromatic rings. The van der Waals surface area contributed by atoms with Crippen molar-refractivity contribution in [2.24, 2.45) is 4.99 Å². The van der Waals surface area contributed by atoms with E-state index in [4.69, 9.17) is 4.74 Å². The van der Waals surface area contributed by atoms with Gasteiger partial charge in [0, 0.05) is 36.2 Å². The fraction of sp³-hybridized carbons (Fsp3) is 0.200. The van der Waals surface area contributed by atoms with Crippen LogP contribution < -0.4 is 15.6 Å². The monoisotopic (exact) mass is 393 g/mol. The zero-order chi connectivity index (χ0) is 20.4. The van der Waals surface area contributed by atoms with E-state index in [9.17, 15) is 14.9 Å². The van der Waals surface area contributed by atoms with Gasteiger partial charge in [-0.1, -0.05) is 12.1 Å². The van der Waals surface area contributed by atoms with E-state index in [0.717, 1.165) is 5.56 Å². The molecule has 0 saturated heterocycles. The molecule has 148 valence electrons. The Morgan fingerprint density at radius 1 is 1.24 bits per heavy atom. The Morgan fingerprint density at radius 3 is 2.69 bits per heavy atom. The molecule has 0 radical (unpaired) electrons. The molecule has 1 aliphatic rings. The van der Waals surface area contributed by atoms with E-state index in [0.29, 0.717) is 48.0 Å². The smallest absolute Gasteiger partial charge is 0.277 e. The highest BCUT2D eigenvalue weighted by molar-refractivity contribution is 5.84. The van der Waals surface area contributed by atoms with Crippen molar-refractivity contribution in [3.63, 3.8) is 0 Å². The molecule has 0 amide bonds. The average Bonchev–Trinajstić information content (AvgIpc) is 3.37. The summed E-state index contributed by atoms with van der Waals surface area (Å²) in [5, 5.41) is 17.2. The number of nitro benzene ring substituents is 1. The molecule has 0 spiro atoms. The van der Waals surface area contributed by atoms with E-state index in [-0.39, 0.29) is 11.2 Å². The van der Waals surface area contributed by atoms with Crippen LogP contribution in [0.4, 0.5) is 5.69 Å². The Kier molecular flexibility index (Phi) is 4.86. The van der Waals surface area contributed by atoms with E-state index < -0.39 is 4.92 Å². The molecule has 0 fully saturated rings. The molecule has 0 bridgehead atoms. The average molecular weight is 393 g/mol. The van der Waals surface area contributed by atoms with Crippen molar-refractivity contribution in [3.8, 4) is 17.0 Å². The van der Waals surface area contributed by atoms with Crippen LogP contribution in [0.15, 0.2) is 58.3 Å². The molecule has 29 heavy (non-hydrogen) atoms. The molecule has 0 atom stereocenters. The second kappa shape index (κ2) is 7.63. The van der Waals surface area contributed by atoms with Gasteiger partial charge in [0.25, 0.3) is 11.2 Å². The van der Waals surface area contributed by atoms with Crippen LogP contribution in [0.25, 0.3) is 11.3 Å². The fourth-order valence-corrected chi connectivity index (χ4v) is 3.30. The van der Waals surface area contributed by atoms with Crippen molar-refractivity contribution in [3.05, 3.63) is 80.1 Å². The first-order valence-electron chi connectivity index (χ1n) is 9.07. The quantitative estimate of drug-likeness (QED) is 0.509. The van der Waals surface area contributed by atoms with Crippen molar-refractivity contribution < 1.29 is 9.66 Å². The first-order chi connectivity index (χ1) is 14.1. The van der Waals surface area contributed by atoms with Crippen molar-refractivity contribution in [2.45, 2.75) is 6.42 Å². The van der Waals surface area contributed by atoms with E-state index in [1.807, 2.05) is 24.3 Å². The van der Waals surface area contributed by atoms with Gasteiger partial charge in [-0.2, -0.15) is 4.68 Å². The summed E-state index contributed by atoms with van der Waals surface area (Å²) < 4.78 is 6.66. The maximum atomic E-state index is 13.2. The summed E-state index contributed by atoms with van der Waals surface area (Å²) in [4.78, 5) is 28.0. The topological polar surface area (TPSA) is 115 Å². The highest BCUT2D eigenvalue weighted by atomic mass is 16.6. The van der Waals surface area contributed by atoms with Gasteiger partial charge in [-0.3, -0.25) is 20.0 Å². The molecule has 0 unspecified atom stereocenters. The van der Waals surface area contributed by atoms with Gasteiger partial charge in [0.2, 0.25) is 5.96 Å². The number of rotatable bonds is 5. The second-order valence-electron chi connectivity index (χ2n) is 6.57. The van der Waals surface area contributed by atoms with Crippen LogP contribution in [0, 0.1) is 10.1 Å². The molecule has 2 N–H and O–H groups in total. The highest BCUT2D eigenvalue weighted by Crippen LogP contribution is 2.25. The number of nitrogens with one attached hydrogen (secondary N) is 2. The second-order valence-corrected chi connectivity index (χ2v) is 6.57. The maximum Gasteiger partial charge on any atom is 0.277 e. The number of non-ortho nitro benzene ring substituents is 1. The van der Waals surface area contributed by atoms with Gasteiger partial charge < -0.3 is 10.1 Å². The van der Waals surface area contributed by atoms with Crippen LogP contribution in [0.1, 0.15) is 11.1 Å². The van der Waals surface area contributed by atoms with Gasteiger partial charge >= 0.3 is 0 Å². The summed E-state index contributed by atoms with van der Waals surface area (Å²) in [6, 6.07) is 13.6. The Morgan fingerprint density at radius 2 is 2.03 bits per heavy atom. The Balaban J connectivity index is 1.81. The Labute approximate surface area is 165 Å². The van der Waals surface area contributed by atoms with Crippen LogP contribution >= 0.6 is 0 Å². The van der Waals surface area contributed by atoms with Crippen molar-refractivity contribution >= 4 is 11.6 Å². The van der Waals surface area contributed by atoms with Crippen LogP contribution in [0.5, 0.6) is 5.75 Å². The highest BCUT2D eigenvalue weighted by Gasteiger charge is 2.21. The molecule has 0 aliphatic carbocycles. The first kappa shape index (κ1) is 18.5. The molecule has 4 rings (SSSR count). The summed E-state index contributed by atoms with van der Waals surface area (Å²) in [7, 11) is 1.59. The molecule has 0 saturated carbocycles. The normalized spacial score (nSPS) is 13.1. The fourth-order valence-electron chi connectivity index (χ4n) is 3.30. The Bertz CT molecular complexity index is 1140. The molecule has 9 nitrogen and oxygen atoms in total. The first-order valence-corrected chi connectivity index (χ1v) is 9.07. The number of nitrogens with zero attached hydrogens (tertiary/aromatic N) is 3. The van der Waals surface area contributed by atoms with Gasteiger partial charge in [0.15, 0.2) is 0 Å². The standard InChI is InChI=1S/C20H19N5O4/c1-29-16-4-2-3-13(11-16)12-17-18(14-5-7-15(8-6-14)25(27)28)23-24(19(17)26)20-21-9-10-22-20/h2-8,11,23H,9-10,12H2,1H3,(H,21,22). The van der Waals surface area contributed by atoms with Gasteiger partial charge in [-0.05, 0) is 29.8 Å². The lowest BCUT2D eigenvalue weighted by molar-refractivity contribution is -0.384. The number of aromatic nitrogens is 2. The third kappa shape index (κ3) is 3.62. The zero-order valence-corrected chi connectivity index (χ0v) is 15.7. The van der Waals surface area contributed by atoms with Crippen molar-refractivity contribution in [2.75, 3.05) is 20.2 Å². The van der Waals surface area contributed by atoms with Gasteiger partial charge in [-0.25, -0.2) is 4.99 Å². The minimum Gasteiger partial charge on any atom is -0.497 e. The number of aliphatic imine (C=N–C) groups is 1. The zero-order valence-electron chi connectivity index (χ0n) is 15.7. The third-order valence-electron chi connectivity index (χ3n) is 4.74. The van der Waals surface area contributed by atoms with E-state index in [2.05, 4.69) is 15.4 Å². The molecular formula is C20H19N5O4. The maximum absolute atomic E-state index is 13.2. The van der Waals surface area contributed by atoms with E-state index in [1.54, 1.807) is 19.2 Å². The van der Waals surface area contributed by atoms with Gasteiger partial charge in [-0.15, -0.1) is 0 Å². The summed E-state index contributed by atoms with van der Waals surface area (Å²) in [5.41, 5.74) is 2.52. The van der Waals surface area contributed by atoms with Gasteiger partial charge in [0.05, 0.1) is 24.3 Å². The van der Waals surface area contributed by atoms with E-state index >= 15 is 0 Å². The number of nitro groups is 1. The van der Waals surface area contributed by atoms with Crippen LogP contribution in [0.2, 0.25) is 0 Å². The molecule has 2 heterocycles. The van der Waals surface area contributed by atoms with E-state index in [1.165, 1.54) is 16.8 Å². The largest absolute Gasteiger partial charge is 0.497 e. The SMILES string of the molecule is COc1cccc(Cc2c(-c3ccc([N+](=O)[O-])cc3)[nH]n(C3=NCCN3)c2=O)c1. The summed E-state index contributed by atoms with van der Waals surface area (Å²) in [5.74, 6) is 1.17. The summed E-state index contributed by atoms with van der Waals surface area (Å²) >= 11 is 0. The Hall–Kier alpha value is -3.88. The van der Waals surface area contributed by atoms with Gasteiger partial charge in [0.1, 0.15) is 5.75 Å². The molecule has 1 aromatic heterocycles. The molecule has 2 aromatic carbocycles. The number of H-pyrrole nitrogens is 1. The predicted molar refractivity (Wildman–Crippen MR) is 109 cm³/mol. The lowest BCUT2D eigenvalue weighted by Gasteiger charge is -2.05. The summed E-state index contributed by atoms with van der Waals surface area (Å²) in [6.45, 7) is 1.26. The van der Waals surface area contributed by atoms with Crippen LogP contribution in [0.3, 0.4) is 0 Å². The lowest BCUT2D eigenvalue weighted by Crippen LogP contribution is -2.34. The van der Waals surface area contributed by atoms with Crippen molar-refractivity contribution in [1.82, 2.24) is 15.1 Å². The van der Waals surface area contributed by atoms with Crippen molar-refractivity contribution in [1.29, 1.82) is 0 Å². The minimum atomic E-state index is -0.452. The number of hydrogen-bond donors (Lipinski definition) is 2. The number of aromatic amines is 1. The number of hydrogen-bond acceptors (Lipinski definition) is 6. The minimum absolute atomic E-state index is 0.00768. The molecule has 1 aliphatic heterocycles. The number of benzene rings is 2. The van der Waals surface area contributed by atoms with Crippen LogP contribution in [-0.4, -0.2) is 40.9 Å². The predicted octanol–water partition coefficient (Wildman–Crippen LogP) is 2.16. The summed E-state index contributed by atoms with van der Waals surface area (Å²) in [6.07, 6.45) is 0.374. The molecular weight excluding hydrogens is 374 g/mol.